The molecule has 36 heavy (non-hydrogen) atoms. The van der Waals surface area contributed by atoms with Crippen molar-refractivity contribution < 1.29 is 24.6 Å². The van der Waals surface area contributed by atoms with Gasteiger partial charge in [-0.2, -0.15) is 0 Å². The number of nitrogens with one attached hydrogen (secondary N) is 2. The molecule has 0 bridgehead atoms. The number of nitrogens with zero attached hydrogens (tertiary/aromatic N) is 2. The first-order chi connectivity index (χ1) is 17.1. The lowest BCUT2D eigenvalue weighted by atomic mass is 10.1. The second-order valence-corrected chi connectivity index (χ2v) is 8.43. The van der Waals surface area contributed by atoms with Crippen molar-refractivity contribution >= 4 is 46.0 Å². The topological polar surface area (TPSA) is 153 Å². The summed E-state index contributed by atoms with van der Waals surface area (Å²) in [7, 11) is 0. The molecule has 3 aromatic rings. The van der Waals surface area contributed by atoms with Crippen molar-refractivity contribution in [3.63, 3.8) is 0 Å². The molecule has 3 rings (SSSR count). The van der Waals surface area contributed by atoms with Crippen LogP contribution < -0.4 is 15.8 Å². The second kappa shape index (κ2) is 11.4. The molecule has 11 heteroatoms. The Morgan fingerprint density at radius 1 is 1.22 bits per heavy atom. The SMILES string of the molecule is C#CCN(Cc1ccc2nc(C)[nH]c(=O)c2c1)c1ccc(C(=O)NC(CCC(=O)O)C(=O)O)c(Cl)c1. The monoisotopic (exact) mass is 510 g/mol. The van der Waals surface area contributed by atoms with E-state index in [1.54, 1.807) is 25.1 Å². The molecule has 0 spiro atoms. The van der Waals surface area contributed by atoms with E-state index < -0.39 is 30.3 Å². The summed E-state index contributed by atoms with van der Waals surface area (Å²) in [5.41, 5.74) is 1.76. The quantitative estimate of drug-likeness (QED) is 0.304. The number of hydrogen-bond acceptors (Lipinski definition) is 6. The van der Waals surface area contributed by atoms with Gasteiger partial charge in [0.15, 0.2) is 0 Å². The van der Waals surface area contributed by atoms with E-state index in [0.717, 1.165) is 5.56 Å². The van der Waals surface area contributed by atoms with Gasteiger partial charge >= 0.3 is 11.9 Å². The number of aromatic nitrogens is 2. The predicted molar refractivity (Wildman–Crippen MR) is 134 cm³/mol. The smallest absolute Gasteiger partial charge is 0.326 e. The molecule has 1 unspecified atom stereocenters. The van der Waals surface area contributed by atoms with Crippen LogP contribution in [0.4, 0.5) is 5.69 Å². The van der Waals surface area contributed by atoms with Gasteiger partial charge in [-0.3, -0.25) is 14.4 Å². The fourth-order valence-corrected chi connectivity index (χ4v) is 3.88. The lowest BCUT2D eigenvalue weighted by Gasteiger charge is -2.23. The molecule has 0 radical (unpaired) electrons. The number of carboxylic acids is 2. The zero-order valence-corrected chi connectivity index (χ0v) is 20.0. The van der Waals surface area contributed by atoms with E-state index >= 15 is 0 Å². The third kappa shape index (κ3) is 6.40. The number of rotatable bonds is 10. The van der Waals surface area contributed by atoms with Crippen LogP contribution in [0.2, 0.25) is 5.02 Å². The number of H-pyrrole nitrogens is 1. The van der Waals surface area contributed by atoms with Gasteiger partial charge in [-0.25, -0.2) is 9.78 Å². The van der Waals surface area contributed by atoms with Crippen molar-refractivity contribution in [3.8, 4) is 12.3 Å². The lowest BCUT2D eigenvalue weighted by molar-refractivity contribution is -0.140. The average molecular weight is 511 g/mol. The summed E-state index contributed by atoms with van der Waals surface area (Å²) in [5.74, 6) is -0.179. The Hall–Kier alpha value is -4.36. The van der Waals surface area contributed by atoms with Crippen LogP contribution in [0.1, 0.15) is 34.6 Å². The molecule has 0 saturated carbocycles. The third-order valence-corrected chi connectivity index (χ3v) is 5.67. The molecule has 1 aromatic heterocycles. The number of anilines is 1. The molecule has 0 aliphatic rings. The summed E-state index contributed by atoms with van der Waals surface area (Å²) in [4.78, 5) is 55.9. The minimum Gasteiger partial charge on any atom is -0.481 e. The molecule has 10 nitrogen and oxygen atoms in total. The van der Waals surface area contributed by atoms with Crippen LogP contribution in [-0.4, -0.2) is 50.6 Å². The number of aryl methyl sites for hydroxylation is 1. The molecule has 0 aliphatic carbocycles. The summed E-state index contributed by atoms with van der Waals surface area (Å²) in [5, 5.41) is 20.9. The third-order valence-electron chi connectivity index (χ3n) is 5.36. The highest BCUT2D eigenvalue weighted by Gasteiger charge is 2.23. The van der Waals surface area contributed by atoms with Crippen LogP contribution >= 0.6 is 11.6 Å². The van der Waals surface area contributed by atoms with Crippen LogP contribution in [0, 0.1) is 19.3 Å². The van der Waals surface area contributed by atoms with Gasteiger partial charge in [0.05, 0.1) is 28.0 Å². The molecule has 4 N–H and O–H groups in total. The number of carbonyl (C=O) groups is 3. The van der Waals surface area contributed by atoms with Crippen LogP contribution in [-0.2, 0) is 16.1 Å². The number of aromatic amines is 1. The van der Waals surface area contributed by atoms with Gasteiger partial charge in [-0.15, -0.1) is 6.42 Å². The molecule has 186 valence electrons. The maximum atomic E-state index is 12.6. The zero-order chi connectivity index (χ0) is 26.4. The first kappa shape index (κ1) is 26.2. The number of hydrogen-bond donors (Lipinski definition) is 4. The van der Waals surface area contributed by atoms with Crippen molar-refractivity contribution in [1.82, 2.24) is 15.3 Å². The minimum absolute atomic E-state index is 0.0290. The summed E-state index contributed by atoms with van der Waals surface area (Å²) in [6, 6.07) is 8.52. The number of amides is 1. The largest absolute Gasteiger partial charge is 0.481 e. The van der Waals surface area contributed by atoms with E-state index in [2.05, 4.69) is 21.2 Å². The van der Waals surface area contributed by atoms with E-state index in [-0.39, 0.29) is 29.1 Å². The summed E-state index contributed by atoms with van der Waals surface area (Å²) < 4.78 is 0. The zero-order valence-electron chi connectivity index (χ0n) is 19.2. The summed E-state index contributed by atoms with van der Waals surface area (Å²) in [6.07, 6.45) is 4.86. The van der Waals surface area contributed by atoms with Gasteiger partial charge in [0.1, 0.15) is 11.9 Å². The Balaban J connectivity index is 1.82. The van der Waals surface area contributed by atoms with Crippen molar-refractivity contribution in [1.29, 1.82) is 0 Å². The first-order valence-electron chi connectivity index (χ1n) is 10.8. The van der Waals surface area contributed by atoms with Crippen LogP contribution in [0.5, 0.6) is 0 Å². The van der Waals surface area contributed by atoms with Crippen LogP contribution in [0.3, 0.4) is 0 Å². The number of carbonyl (C=O) groups excluding carboxylic acids is 1. The van der Waals surface area contributed by atoms with Crippen molar-refractivity contribution in [2.24, 2.45) is 0 Å². The standard InChI is InChI=1S/C25H23ClN4O6/c1-3-10-30(13-15-4-7-20-18(11-15)24(34)28-14(2)27-20)16-5-6-17(19(26)12-16)23(33)29-21(25(35)36)8-9-22(31)32/h1,4-7,11-12,21H,8-10,13H2,2H3,(H,29,33)(H,31,32)(H,35,36)(H,27,28,34). The lowest BCUT2D eigenvalue weighted by Crippen LogP contribution is -2.41. The number of carboxylic acid groups (broad SMARTS) is 2. The van der Waals surface area contributed by atoms with Crippen molar-refractivity contribution in [2.45, 2.75) is 32.4 Å². The number of terminal acetylenes is 1. The van der Waals surface area contributed by atoms with Gasteiger partial charge in [-0.1, -0.05) is 23.6 Å². The number of benzene rings is 2. The average Bonchev–Trinajstić information content (AvgIpc) is 2.81. The van der Waals surface area contributed by atoms with Gasteiger partial charge in [0, 0.05) is 18.7 Å². The molecule has 2 aromatic carbocycles. The second-order valence-electron chi connectivity index (χ2n) is 8.02. The highest BCUT2D eigenvalue weighted by Crippen LogP contribution is 2.26. The van der Waals surface area contributed by atoms with E-state index in [1.807, 2.05) is 11.0 Å². The van der Waals surface area contributed by atoms with Crippen molar-refractivity contribution in [2.75, 3.05) is 11.4 Å². The maximum Gasteiger partial charge on any atom is 0.326 e. The minimum atomic E-state index is -1.38. The molecule has 0 aliphatic heterocycles. The molecule has 0 fully saturated rings. The first-order valence-corrected chi connectivity index (χ1v) is 11.2. The number of fused-ring (bicyclic) bond motifs is 1. The van der Waals surface area contributed by atoms with Gasteiger partial charge in [0.2, 0.25) is 0 Å². The highest BCUT2D eigenvalue weighted by molar-refractivity contribution is 6.34. The number of halogens is 1. The fraction of sp³-hybridized carbons (Fsp3) is 0.240. The van der Waals surface area contributed by atoms with E-state index in [9.17, 15) is 24.3 Å². The Morgan fingerprint density at radius 2 is 1.97 bits per heavy atom. The molecule has 0 saturated heterocycles. The fourth-order valence-electron chi connectivity index (χ4n) is 3.62. The van der Waals surface area contributed by atoms with Gasteiger partial charge in [-0.05, 0) is 49.2 Å². The maximum absolute atomic E-state index is 12.6. The Bertz CT molecular complexity index is 1430. The number of aliphatic carboxylic acids is 2. The molecule has 1 atom stereocenters. The Morgan fingerprint density at radius 3 is 2.61 bits per heavy atom. The summed E-state index contributed by atoms with van der Waals surface area (Å²) >= 11 is 6.34. The Labute approximate surface area is 210 Å². The van der Waals surface area contributed by atoms with E-state index in [0.29, 0.717) is 29.0 Å². The molecular weight excluding hydrogens is 488 g/mol. The normalized spacial score (nSPS) is 11.5. The Kier molecular flexibility index (Phi) is 8.30. The molecule has 1 amide bonds. The van der Waals surface area contributed by atoms with Crippen LogP contribution in [0.15, 0.2) is 41.2 Å². The molecular formula is C25H23ClN4O6. The van der Waals surface area contributed by atoms with Gasteiger partial charge < -0.3 is 25.4 Å². The highest BCUT2D eigenvalue weighted by atomic mass is 35.5. The van der Waals surface area contributed by atoms with E-state index in [4.69, 9.17) is 23.1 Å². The van der Waals surface area contributed by atoms with E-state index in [1.165, 1.54) is 12.1 Å². The van der Waals surface area contributed by atoms with Gasteiger partial charge in [0.25, 0.3) is 11.5 Å². The molecule has 1 heterocycles. The van der Waals surface area contributed by atoms with Crippen molar-refractivity contribution in [3.05, 3.63) is 68.7 Å². The summed E-state index contributed by atoms with van der Waals surface area (Å²) in [6.45, 7) is 2.25. The van der Waals surface area contributed by atoms with Crippen LogP contribution in [0.25, 0.3) is 10.9 Å². The predicted octanol–water partition coefficient (Wildman–Crippen LogP) is 2.57.